The predicted octanol–water partition coefficient (Wildman–Crippen LogP) is 1.19. The predicted molar refractivity (Wildman–Crippen MR) is 69.1 cm³/mol. The van der Waals surface area contributed by atoms with Crippen LogP contribution >= 0.6 is 0 Å². The summed E-state index contributed by atoms with van der Waals surface area (Å²) in [6.07, 6.45) is 8.55. The van der Waals surface area contributed by atoms with Crippen LogP contribution in [-0.4, -0.2) is 21.9 Å². The molecule has 0 aliphatic carbocycles. The highest BCUT2D eigenvalue weighted by Crippen LogP contribution is 2.11. The van der Waals surface area contributed by atoms with Crippen molar-refractivity contribution in [1.82, 2.24) is 15.5 Å². The van der Waals surface area contributed by atoms with Crippen LogP contribution in [-0.2, 0) is 0 Å². The molecule has 2 aromatic heterocycles. The lowest BCUT2D eigenvalue weighted by Gasteiger charge is -2.20. The lowest BCUT2D eigenvalue weighted by atomic mass is 10.2. The van der Waals surface area contributed by atoms with Crippen molar-refractivity contribution in [2.24, 2.45) is 10.2 Å². The van der Waals surface area contributed by atoms with Crippen LogP contribution in [0.5, 0.6) is 0 Å². The Morgan fingerprint density at radius 3 is 2.17 bits per heavy atom. The fourth-order valence-electron chi connectivity index (χ4n) is 1.54. The van der Waals surface area contributed by atoms with Gasteiger partial charge >= 0.3 is 0 Å². The van der Waals surface area contributed by atoms with Gasteiger partial charge in [0.15, 0.2) is 0 Å². The molecule has 6 heteroatoms. The Bertz CT molecular complexity index is 578. The summed E-state index contributed by atoms with van der Waals surface area (Å²) in [5.74, 6) is 0. The van der Waals surface area contributed by atoms with Gasteiger partial charge in [-0.3, -0.25) is 9.97 Å². The van der Waals surface area contributed by atoms with Crippen LogP contribution in [0.3, 0.4) is 0 Å². The van der Waals surface area contributed by atoms with E-state index in [-0.39, 0.29) is 0 Å². The van der Waals surface area contributed by atoms with Crippen molar-refractivity contribution in [2.75, 3.05) is 5.12 Å². The SMILES string of the molecule is C1=NN(c2ccncc2)NN=C1c1ccncc1. The minimum atomic E-state index is 0.766. The molecule has 0 bridgehead atoms. The van der Waals surface area contributed by atoms with E-state index in [1.807, 2.05) is 24.3 Å². The maximum Gasteiger partial charge on any atom is 0.112 e. The van der Waals surface area contributed by atoms with Gasteiger partial charge in [0, 0.05) is 30.4 Å². The van der Waals surface area contributed by atoms with Gasteiger partial charge in [0.25, 0.3) is 0 Å². The third-order valence-electron chi connectivity index (χ3n) is 2.44. The summed E-state index contributed by atoms with van der Waals surface area (Å²) < 4.78 is 0. The maximum atomic E-state index is 4.28. The number of pyridine rings is 2. The molecule has 0 radical (unpaired) electrons. The first kappa shape index (κ1) is 10.4. The Labute approximate surface area is 104 Å². The van der Waals surface area contributed by atoms with Crippen LogP contribution in [0.4, 0.5) is 5.69 Å². The third-order valence-corrected chi connectivity index (χ3v) is 2.44. The van der Waals surface area contributed by atoms with Crippen molar-refractivity contribution < 1.29 is 0 Å². The van der Waals surface area contributed by atoms with E-state index in [1.165, 1.54) is 0 Å². The van der Waals surface area contributed by atoms with E-state index >= 15 is 0 Å². The van der Waals surface area contributed by atoms with Crippen molar-refractivity contribution in [3.8, 4) is 0 Å². The van der Waals surface area contributed by atoms with Crippen LogP contribution < -0.4 is 10.7 Å². The number of hydrogen-bond donors (Lipinski definition) is 1. The van der Waals surface area contributed by atoms with Crippen molar-refractivity contribution in [2.45, 2.75) is 0 Å². The van der Waals surface area contributed by atoms with Gasteiger partial charge in [0.1, 0.15) is 5.71 Å². The van der Waals surface area contributed by atoms with Gasteiger partial charge in [-0.05, 0) is 24.3 Å². The average Bonchev–Trinajstić information content (AvgIpc) is 2.49. The van der Waals surface area contributed by atoms with E-state index in [4.69, 9.17) is 0 Å². The summed E-state index contributed by atoms with van der Waals surface area (Å²) in [4.78, 5) is 7.92. The topological polar surface area (TPSA) is 65.8 Å². The largest absolute Gasteiger partial charge is 0.265 e. The highest BCUT2D eigenvalue weighted by molar-refractivity contribution is 6.38. The van der Waals surface area contributed by atoms with Crippen LogP contribution in [0.1, 0.15) is 5.56 Å². The first-order chi connectivity index (χ1) is 8.93. The zero-order valence-corrected chi connectivity index (χ0v) is 9.43. The molecule has 0 spiro atoms. The number of hydrazone groups is 2. The second kappa shape index (κ2) is 4.62. The Morgan fingerprint density at radius 1 is 0.889 bits per heavy atom. The van der Waals surface area contributed by atoms with Crippen LogP contribution in [0.15, 0.2) is 59.3 Å². The number of nitrogens with zero attached hydrogens (tertiary/aromatic N) is 5. The highest BCUT2D eigenvalue weighted by Gasteiger charge is 2.09. The summed E-state index contributed by atoms with van der Waals surface area (Å²) in [6.45, 7) is 0. The van der Waals surface area contributed by atoms with Crippen LogP contribution in [0, 0.1) is 0 Å². The molecule has 0 atom stereocenters. The Balaban J connectivity index is 1.79. The molecule has 1 N–H and O–H groups in total. The fraction of sp³-hybridized carbons (Fsp3) is 0. The van der Waals surface area contributed by atoms with Crippen LogP contribution in [0.2, 0.25) is 0 Å². The zero-order valence-electron chi connectivity index (χ0n) is 9.43. The summed E-state index contributed by atoms with van der Waals surface area (Å²) in [6, 6.07) is 7.46. The molecule has 0 fully saturated rings. The summed E-state index contributed by atoms with van der Waals surface area (Å²) in [5.41, 5.74) is 5.47. The maximum absolute atomic E-state index is 4.28. The van der Waals surface area contributed by atoms with Gasteiger partial charge in [-0.15, -0.1) is 0 Å². The minimum Gasteiger partial charge on any atom is -0.265 e. The van der Waals surface area contributed by atoms with Crippen molar-refractivity contribution in [3.05, 3.63) is 54.6 Å². The van der Waals surface area contributed by atoms with Crippen molar-refractivity contribution >= 4 is 17.6 Å². The van der Waals surface area contributed by atoms with Gasteiger partial charge < -0.3 is 0 Å². The number of aromatic nitrogens is 2. The monoisotopic (exact) mass is 238 g/mol. The molecule has 0 aromatic carbocycles. The molecule has 88 valence electrons. The number of hydrazine groups is 1. The first-order valence-corrected chi connectivity index (χ1v) is 5.41. The van der Waals surface area contributed by atoms with E-state index in [0.717, 1.165) is 17.0 Å². The Morgan fingerprint density at radius 2 is 1.56 bits per heavy atom. The fourth-order valence-corrected chi connectivity index (χ4v) is 1.54. The molecule has 0 saturated carbocycles. The lowest BCUT2D eigenvalue weighted by molar-refractivity contribution is 0.679. The zero-order chi connectivity index (χ0) is 12.2. The molecule has 1 aliphatic rings. The molecular formula is C12H10N6. The Hall–Kier alpha value is -2.76. The van der Waals surface area contributed by atoms with E-state index in [0.29, 0.717) is 0 Å². The molecule has 3 heterocycles. The third kappa shape index (κ3) is 2.03. The molecule has 2 aromatic rings. The molecular weight excluding hydrogens is 228 g/mol. The molecule has 18 heavy (non-hydrogen) atoms. The molecule has 0 saturated heterocycles. The molecule has 1 aliphatic heterocycles. The van der Waals surface area contributed by atoms with Crippen molar-refractivity contribution in [1.29, 1.82) is 0 Å². The smallest absolute Gasteiger partial charge is 0.112 e. The van der Waals surface area contributed by atoms with Gasteiger partial charge in [-0.2, -0.15) is 20.9 Å². The number of hydrogen-bond acceptors (Lipinski definition) is 6. The molecule has 0 amide bonds. The summed E-state index contributed by atoms with van der Waals surface area (Å²) in [7, 11) is 0. The van der Waals surface area contributed by atoms with Gasteiger partial charge in [0.2, 0.25) is 0 Å². The average molecular weight is 238 g/mol. The second-order valence-corrected chi connectivity index (χ2v) is 3.59. The minimum absolute atomic E-state index is 0.766. The first-order valence-electron chi connectivity index (χ1n) is 5.41. The molecule has 0 unspecified atom stereocenters. The van der Waals surface area contributed by atoms with E-state index in [1.54, 1.807) is 36.1 Å². The van der Waals surface area contributed by atoms with Gasteiger partial charge in [-0.25, -0.2) is 0 Å². The lowest BCUT2D eigenvalue weighted by Crippen LogP contribution is -2.34. The number of anilines is 1. The van der Waals surface area contributed by atoms with E-state index < -0.39 is 0 Å². The van der Waals surface area contributed by atoms with Crippen molar-refractivity contribution in [3.63, 3.8) is 0 Å². The van der Waals surface area contributed by atoms with Crippen LogP contribution in [0.25, 0.3) is 0 Å². The molecule has 6 nitrogen and oxygen atoms in total. The molecule has 3 rings (SSSR count). The Kier molecular flexibility index (Phi) is 2.67. The normalized spacial score (nSPS) is 14.0. The van der Waals surface area contributed by atoms with E-state index in [2.05, 4.69) is 25.7 Å². The standard InChI is InChI=1S/C12H10N6/c1-5-13-6-2-10(1)12-9-15-18(17-16-12)11-3-7-14-8-4-11/h1-9,17H. The van der Waals surface area contributed by atoms with Gasteiger partial charge in [0.05, 0.1) is 11.9 Å². The quantitative estimate of drug-likeness (QED) is 0.853. The summed E-state index contributed by atoms with van der Waals surface area (Å²) >= 11 is 0. The second-order valence-electron chi connectivity index (χ2n) is 3.59. The van der Waals surface area contributed by atoms with Gasteiger partial charge in [-0.1, -0.05) is 0 Å². The number of rotatable bonds is 2. The van der Waals surface area contributed by atoms with E-state index in [9.17, 15) is 0 Å². The number of nitrogens with one attached hydrogen (secondary N) is 1. The summed E-state index contributed by atoms with van der Waals surface area (Å²) in [5, 5.41) is 10.1. The highest BCUT2D eigenvalue weighted by atomic mass is 15.8.